The summed E-state index contributed by atoms with van der Waals surface area (Å²) in [6.45, 7) is 2.37. The summed E-state index contributed by atoms with van der Waals surface area (Å²) in [7, 11) is 0. The Morgan fingerprint density at radius 1 is 1.37 bits per heavy atom. The minimum atomic E-state index is -0.0454. The van der Waals surface area contributed by atoms with Crippen LogP contribution in [0, 0.1) is 0 Å². The number of benzene rings is 1. The zero-order chi connectivity index (χ0) is 13.3. The molecule has 5 heteroatoms. The van der Waals surface area contributed by atoms with Crippen molar-refractivity contribution in [3.63, 3.8) is 0 Å². The Labute approximate surface area is 122 Å². The number of hydrogen-bond acceptors (Lipinski definition) is 4. The molecular formula is C14H18ClNO2S. The van der Waals surface area contributed by atoms with E-state index in [1.165, 1.54) is 0 Å². The van der Waals surface area contributed by atoms with E-state index in [0.717, 1.165) is 49.0 Å². The van der Waals surface area contributed by atoms with E-state index >= 15 is 0 Å². The summed E-state index contributed by atoms with van der Waals surface area (Å²) in [5.74, 6) is 0. The highest BCUT2D eigenvalue weighted by Gasteiger charge is 2.41. The van der Waals surface area contributed by atoms with Gasteiger partial charge < -0.3 is 15.2 Å². The van der Waals surface area contributed by atoms with E-state index in [1.807, 2.05) is 30.0 Å². The summed E-state index contributed by atoms with van der Waals surface area (Å²) < 4.78 is 11.5. The van der Waals surface area contributed by atoms with Crippen LogP contribution in [0.5, 0.6) is 0 Å². The van der Waals surface area contributed by atoms with Crippen LogP contribution in [0.3, 0.4) is 0 Å². The second-order valence-electron chi connectivity index (χ2n) is 5.26. The topological polar surface area (TPSA) is 44.5 Å². The highest BCUT2D eigenvalue weighted by Crippen LogP contribution is 2.41. The average Bonchev–Trinajstić information content (AvgIpc) is 2.81. The molecule has 2 aliphatic heterocycles. The van der Waals surface area contributed by atoms with E-state index in [1.54, 1.807) is 0 Å². The number of thioether (sulfide) groups is 1. The van der Waals surface area contributed by atoms with Crippen molar-refractivity contribution >= 4 is 29.1 Å². The number of nitrogen functional groups attached to an aromatic ring is 1. The van der Waals surface area contributed by atoms with E-state index < -0.39 is 0 Å². The molecule has 0 bridgehead atoms. The number of ether oxygens (including phenoxy) is 2. The van der Waals surface area contributed by atoms with Gasteiger partial charge in [-0.05, 0) is 31.0 Å². The number of hydrogen-bond donors (Lipinski definition) is 1. The first kappa shape index (κ1) is 13.6. The molecule has 0 saturated carbocycles. The van der Waals surface area contributed by atoms with Crippen molar-refractivity contribution < 1.29 is 9.47 Å². The quantitative estimate of drug-likeness (QED) is 0.851. The predicted molar refractivity (Wildman–Crippen MR) is 78.9 cm³/mol. The van der Waals surface area contributed by atoms with Gasteiger partial charge in [-0.25, -0.2) is 0 Å². The van der Waals surface area contributed by atoms with Crippen LogP contribution < -0.4 is 5.73 Å². The number of nitrogens with two attached hydrogens (primary N) is 1. The highest BCUT2D eigenvalue weighted by molar-refractivity contribution is 8.00. The smallest absolute Gasteiger partial charge is 0.0947 e. The molecule has 1 spiro atoms. The lowest BCUT2D eigenvalue weighted by Gasteiger charge is -2.36. The van der Waals surface area contributed by atoms with E-state index in [0.29, 0.717) is 10.9 Å². The summed E-state index contributed by atoms with van der Waals surface area (Å²) in [5, 5.41) is 1.28. The van der Waals surface area contributed by atoms with Crippen LogP contribution in [-0.2, 0) is 9.47 Å². The number of anilines is 1. The summed E-state index contributed by atoms with van der Waals surface area (Å²) in [4.78, 5) is 1.11. The third-order valence-electron chi connectivity index (χ3n) is 3.76. The summed E-state index contributed by atoms with van der Waals surface area (Å²) in [5.41, 5.74) is 6.39. The first-order valence-corrected chi connectivity index (χ1v) is 7.86. The van der Waals surface area contributed by atoms with Gasteiger partial charge in [-0.2, -0.15) is 0 Å². The molecule has 0 aliphatic carbocycles. The molecule has 2 unspecified atom stereocenters. The van der Waals surface area contributed by atoms with Crippen LogP contribution in [0.25, 0.3) is 0 Å². The lowest BCUT2D eigenvalue weighted by molar-refractivity contribution is -0.0769. The molecule has 0 amide bonds. The van der Waals surface area contributed by atoms with Gasteiger partial charge in [-0.3, -0.25) is 0 Å². The van der Waals surface area contributed by atoms with Crippen molar-refractivity contribution in [1.82, 2.24) is 0 Å². The molecule has 19 heavy (non-hydrogen) atoms. The maximum absolute atomic E-state index is 6.24. The van der Waals surface area contributed by atoms with E-state index in [-0.39, 0.29) is 5.60 Å². The van der Waals surface area contributed by atoms with Gasteiger partial charge in [0.2, 0.25) is 0 Å². The Hall–Kier alpha value is -0.420. The Balaban J connectivity index is 1.69. The molecule has 2 N–H and O–H groups in total. The Morgan fingerprint density at radius 2 is 2.26 bits per heavy atom. The zero-order valence-corrected chi connectivity index (χ0v) is 12.3. The van der Waals surface area contributed by atoms with Gasteiger partial charge >= 0.3 is 0 Å². The fourth-order valence-corrected chi connectivity index (χ4v) is 4.34. The van der Waals surface area contributed by atoms with Gasteiger partial charge in [0.1, 0.15) is 0 Å². The molecule has 2 atom stereocenters. The fraction of sp³-hybridized carbons (Fsp3) is 0.571. The van der Waals surface area contributed by atoms with Crippen molar-refractivity contribution in [2.24, 2.45) is 0 Å². The average molecular weight is 300 g/mol. The summed E-state index contributed by atoms with van der Waals surface area (Å²) in [6.07, 6.45) is 3.12. The maximum Gasteiger partial charge on any atom is 0.0947 e. The van der Waals surface area contributed by atoms with Gasteiger partial charge in [0.15, 0.2) is 0 Å². The van der Waals surface area contributed by atoms with Crippen LogP contribution in [0.1, 0.15) is 19.3 Å². The molecule has 0 radical (unpaired) electrons. The molecule has 1 aromatic rings. The zero-order valence-electron chi connectivity index (χ0n) is 10.7. The van der Waals surface area contributed by atoms with Gasteiger partial charge in [0.25, 0.3) is 0 Å². The van der Waals surface area contributed by atoms with Crippen molar-refractivity contribution in [3.05, 3.63) is 23.2 Å². The largest absolute Gasteiger partial charge is 0.399 e. The Bertz CT molecular complexity index is 463. The lowest BCUT2D eigenvalue weighted by Crippen LogP contribution is -2.41. The molecule has 2 fully saturated rings. The predicted octanol–water partition coefficient (Wildman–Crippen LogP) is 3.35. The molecular weight excluding hydrogens is 282 g/mol. The van der Waals surface area contributed by atoms with Gasteiger partial charge in [-0.15, -0.1) is 11.8 Å². The minimum Gasteiger partial charge on any atom is -0.399 e. The van der Waals surface area contributed by atoms with Gasteiger partial charge in [0, 0.05) is 35.5 Å². The molecule has 0 aromatic heterocycles. The summed E-state index contributed by atoms with van der Waals surface area (Å²) >= 11 is 8.08. The minimum absolute atomic E-state index is 0.0454. The number of rotatable bonds is 2. The van der Waals surface area contributed by atoms with Crippen LogP contribution in [0.15, 0.2) is 23.1 Å². The summed E-state index contributed by atoms with van der Waals surface area (Å²) in [6, 6.07) is 5.73. The number of halogens is 1. The third-order valence-corrected chi connectivity index (χ3v) is 5.53. The van der Waals surface area contributed by atoms with Crippen LogP contribution in [0.4, 0.5) is 5.69 Å². The van der Waals surface area contributed by atoms with Crippen molar-refractivity contribution in [2.75, 3.05) is 25.6 Å². The third kappa shape index (κ3) is 3.02. The Kier molecular flexibility index (Phi) is 3.94. The molecule has 3 nitrogen and oxygen atoms in total. The second-order valence-corrected chi connectivity index (χ2v) is 7.01. The van der Waals surface area contributed by atoms with Gasteiger partial charge in [0.05, 0.1) is 17.2 Å². The maximum atomic E-state index is 6.24. The van der Waals surface area contributed by atoms with Crippen molar-refractivity contribution in [1.29, 1.82) is 0 Å². The van der Waals surface area contributed by atoms with E-state index in [4.69, 9.17) is 26.8 Å². The molecule has 2 saturated heterocycles. The molecule has 3 rings (SSSR count). The van der Waals surface area contributed by atoms with E-state index in [2.05, 4.69) is 0 Å². The second kappa shape index (κ2) is 5.52. The monoisotopic (exact) mass is 299 g/mol. The molecule has 2 aliphatic rings. The van der Waals surface area contributed by atoms with Crippen LogP contribution >= 0.6 is 23.4 Å². The SMILES string of the molecule is Nc1ccc(SC2CCOC3(CCOC3)C2)c(Cl)c1. The molecule has 104 valence electrons. The van der Waals surface area contributed by atoms with Crippen LogP contribution in [0.2, 0.25) is 5.02 Å². The normalized spacial score (nSPS) is 30.9. The van der Waals surface area contributed by atoms with Crippen molar-refractivity contribution in [2.45, 2.75) is 35.0 Å². The first-order chi connectivity index (χ1) is 9.17. The fourth-order valence-electron chi connectivity index (χ4n) is 2.74. The highest BCUT2D eigenvalue weighted by atomic mass is 35.5. The first-order valence-electron chi connectivity index (χ1n) is 6.60. The van der Waals surface area contributed by atoms with E-state index in [9.17, 15) is 0 Å². The van der Waals surface area contributed by atoms with Gasteiger partial charge in [-0.1, -0.05) is 11.6 Å². The van der Waals surface area contributed by atoms with Crippen LogP contribution in [-0.4, -0.2) is 30.7 Å². The van der Waals surface area contributed by atoms with Crippen molar-refractivity contribution in [3.8, 4) is 0 Å². The standard InChI is InChI=1S/C14H18ClNO2S/c15-12-7-10(16)1-2-13(12)19-11-3-5-18-14(8-11)4-6-17-9-14/h1-2,7,11H,3-6,8-9,16H2. The lowest BCUT2D eigenvalue weighted by atomic mass is 9.93. The Morgan fingerprint density at radius 3 is 3.00 bits per heavy atom. The molecule has 1 aromatic carbocycles. The molecule has 2 heterocycles.